The van der Waals surface area contributed by atoms with Crippen LogP contribution in [0.25, 0.3) is 22.3 Å². The van der Waals surface area contributed by atoms with E-state index in [2.05, 4.69) is 30.3 Å². The predicted octanol–water partition coefficient (Wildman–Crippen LogP) is 5.44. The molecule has 0 spiro atoms. The van der Waals surface area contributed by atoms with Gasteiger partial charge in [-0.3, -0.25) is 0 Å². The third kappa shape index (κ3) is 3.61. The Bertz CT molecular complexity index is 821. The largest absolute Gasteiger partial charge is 0.497 e. The van der Waals surface area contributed by atoms with Crippen molar-refractivity contribution in [3.63, 3.8) is 0 Å². The van der Waals surface area contributed by atoms with Crippen LogP contribution in [0.1, 0.15) is 6.92 Å². The average molecular weight is 334 g/mol. The van der Waals surface area contributed by atoms with Crippen molar-refractivity contribution >= 4 is 0 Å². The highest BCUT2D eigenvalue weighted by Gasteiger charge is 2.13. The molecule has 0 amide bonds. The molecule has 0 aliphatic heterocycles. The molecule has 3 nitrogen and oxygen atoms in total. The van der Waals surface area contributed by atoms with Crippen LogP contribution in [0, 0.1) is 0 Å². The lowest BCUT2D eigenvalue weighted by atomic mass is 9.93. The Morgan fingerprint density at radius 2 is 1.32 bits per heavy atom. The topological polar surface area (TPSA) is 27.7 Å². The quantitative estimate of drug-likeness (QED) is 0.601. The van der Waals surface area contributed by atoms with E-state index in [1.54, 1.807) is 14.2 Å². The van der Waals surface area contributed by atoms with Gasteiger partial charge in [0.1, 0.15) is 17.2 Å². The van der Waals surface area contributed by atoms with Crippen LogP contribution in [0.4, 0.5) is 0 Å². The number of methoxy groups -OCH3 is 2. The van der Waals surface area contributed by atoms with Crippen molar-refractivity contribution in [2.45, 2.75) is 6.92 Å². The summed E-state index contributed by atoms with van der Waals surface area (Å²) in [6, 6.07) is 22.3. The Labute approximate surface area is 148 Å². The van der Waals surface area contributed by atoms with Crippen LogP contribution < -0.4 is 14.2 Å². The minimum absolute atomic E-state index is 0.662. The standard InChI is InChI=1S/C22H22O3/c1-4-25-19-14-8-16(9-15-19)20-6-5-7-21(24-3)22(20)17-10-12-18(23-2)13-11-17/h5-15H,4H2,1-3H3. The molecule has 128 valence electrons. The molecule has 0 aliphatic carbocycles. The maximum atomic E-state index is 5.62. The fourth-order valence-electron chi connectivity index (χ4n) is 2.89. The molecule has 0 bridgehead atoms. The molecule has 0 radical (unpaired) electrons. The molecule has 0 heterocycles. The van der Waals surface area contributed by atoms with Gasteiger partial charge in [-0.1, -0.05) is 36.4 Å². The minimum atomic E-state index is 0.662. The zero-order valence-electron chi connectivity index (χ0n) is 14.8. The minimum Gasteiger partial charge on any atom is -0.497 e. The first kappa shape index (κ1) is 16.9. The summed E-state index contributed by atoms with van der Waals surface area (Å²) in [4.78, 5) is 0. The fraction of sp³-hybridized carbons (Fsp3) is 0.182. The molecule has 3 heteroatoms. The van der Waals surface area contributed by atoms with E-state index < -0.39 is 0 Å². The van der Waals surface area contributed by atoms with Gasteiger partial charge in [0.05, 0.1) is 20.8 Å². The molecular weight excluding hydrogens is 312 g/mol. The van der Waals surface area contributed by atoms with Crippen LogP contribution in [-0.2, 0) is 0 Å². The summed E-state index contributed by atoms with van der Waals surface area (Å²) in [5.74, 6) is 2.55. The molecule has 0 saturated carbocycles. The molecule has 3 rings (SSSR count). The van der Waals surface area contributed by atoms with Crippen LogP contribution in [-0.4, -0.2) is 20.8 Å². The van der Waals surface area contributed by atoms with Crippen LogP contribution in [0.2, 0.25) is 0 Å². The highest BCUT2D eigenvalue weighted by atomic mass is 16.5. The third-order valence-electron chi connectivity index (χ3n) is 4.10. The summed E-state index contributed by atoms with van der Waals surface area (Å²) in [7, 11) is 3.37. The van der Waals surface area contributed by atoms with E-state index in [9.17, 15) is 0 Å². The van der Waals surface area contributed by atoms with Crippen molar-refractivity contribution in [1.29, 1.82) is 0 Å². The molecule has 0 aromatic heterocycles. The maximum Gasteiger partial charge on any atom is 0.127 e. The molecule has 0 saturated heterocycles. The van der Waals surface area contributed by atoms with Crippen LogP contribution in [0.5, 0.6) is 17.2 Å². The second-order valence-electron chi connectivity index (χ2n) is 5.57. The summed E-state index contributed by atoms with van der Waals surface area (Å²) in [5, 5.41) is 0. The molecular formula is C22H22O3. The van der Waals surface area contributed by atoms with E-state index in [1.165, 1.54) is 0 Å². The maximum absolute atomic E-state index is 5.62. The molecule has 0 N–H and O–H groups in total. The lowest BCUT2D eigenvalue weighted by Crippen LogP contribution is -1.93. The third-order valence-corrected chi connectivity index (χ3v) is 4.10. The van der Waals surface area contributed by atoms with Crippen molar-refractivity contribution in [1.82, 2.24) is 0 Å². The zero-order valence-corrected chi connectivity index (χ0v) is 14.8. The second kappa shape index (κ2) is 7.75. The van der Waals surface area contributed by atoms with Gasteiger partial charge >= 0.3 is 0 Å². The van der Waals surface area contributed by atoms with Crippen molar-refractivity contribution < 1.29 is 14.2 Å². The Morgan fingerprint density at radius 3 is 1.92 bits per heavy atom. The molecule has 0 unspecified atom stereocenters. The van der Waals surface area contributed by atoms with Gasteiger partial charge in [0.2, 0.25) is 0 Å². The summed E-state index contributed by atoms with van der Waals surface area (Å²) < 4.78 is 16.4. The van der Waals surface area contributed by atoms with Gasteiger partial charge < -0.3 is 14.2 Å². The molecule has 3 aromatic rings. The number of rotatable bonds is 6. The number of benzene rings is 3. The number of hydrogen-bond acceptors (Lipinski definition) is 3. The zero-order chi connectivity index (χ0) is 17.6. The summed E-state index contributed by atoms with van der Waals surface area (Å²) >= 11 is 0. The monoisotopic (exact) mass is 334 g/mol. The Balaban J connectivity index is 2.10. The molecule has 25 heavy (non-hydrogen) atoms. The fourth-order valence-corrected chi connectivity index (χ4v) is 2.89. The van der Waals surface area contributed by atoms with Crippen LogP contribution in [0.15, 0.2) is 66.7 Å². The summed E-state index contributed by atoms with van der Waals surface area (Å²) in [5.41, 5.74) is 4.39. The van der Waals surface area contributed by atoms with Gasteiger partial charge in [0, 0.05) is 5.56 Å². The average Bonchev–Trinajstić information content (AvgIpc) is 2.68. The van der Waals surface area contributed by atoms with Crippen LogP contribution in [0.3, 0.4) is 0 Å². The SMILES string of the molecule is CCOc1ccc(-c2cccc(OC)c2-c2ccc(OC)cc2)cc1. The second-order valence-corrected chi connectivity index (χ2v) is 5.57. The molecule has 0 fully saturated rings. The lowest BCUT2D eigenvalue weighted by Gasteiger charge is -2.15. The Morgan fingerprint density at radius 1 is 0.680 bits per heavy atom. The van der Waals surface area contributed by atoms with Crippen molar-refractivity contribution in [3.8, 4) is 39.5 Å². The smallest absolute Gasteiger partial charge is 0.127 e. The highest BCUT2D eigenvalue weighted by Crippen LogP contribution is 2.40. The first-order valence-corrected chi connectivity index (χ1v) is 8.31. The predicted molar refractivity (Wildman–Crippen MR) is 102 cm³/mol. The summed E-state index contributed by atoms with van der Waals surface area (Å²) in [6.45, 7) is 2.65. The normalized spacial score (nSPS) is 10.4. The van der Waals surface area contributed by atoms with Crippen LogP contribution >= 0.6 is 0 Å². The van der Waals surface area contributed by atoms with Crippen molar-refractivity contribution in [2.75, 3.05) is 20.8 Å². The van der Waals surface area contributed by atoms with Gasteiger partial charge in [-0.2, -0.15) is 0 Å². The summed E-state index contributed by atoms with van der Waals surface area (Å²) in [6.07, 6.45) is 0. The van der Waals surface area contributed by atoms with Gasteiger partial charge in [-0.05, 0) is 53.9 Å². The van der Waals surface area contributed by atoms with E-state index in [4.69, 9.17) is 14.2 Å². The highest BCUT2D eigenvalue weighted by molar-refractivity contribution is 5.87. The van der Waals surface area contributed by atoms with E-state index in [1.807, 2.05) is 43.3 Å². The van der Waals surface area contributed by atoms with E-state index in [0.29, 0.717) is 6.61 Å². The van der Waals surface area contributed by atoms with Crippen molar-refractivity contribution in [2.24, 2.45) is 0 Å². The van der Waals surface area contributed by atoms with Gasteiger partial charge in [-0.25, -0.2) is 0 Å². The first-order valence-electron chi connectivity index (χ1n) is 8.31. The van der Waals surface area contributed by atoms with E-state index >= 15 is 0 Å². The first-order chi connectivity index (χ1) is 12.3. The molecule has 0 atom stereocenters. The van der Waals surface area contributed by atoms with Crippen molar-refractivity contribution in [3.05, 3.63) is 66.7 Å². The molecule has 0 aliphatic rings. The van der Waals surface area contributed by atoms with E-state index in [-0.39, 0.29) is 0 Å². The Hall–Kier alpha value is -2.94. The van der Waals surface area contributed by atoms with E-state index in [0.717, 1.165) is 39.5 Å². The number of ether oxygens (including phenoxy) is 3. The van der Waals surface area contributed by atoms with Gasteiger partial charge in [0.25, 0.3) is 0 Å². The van der Waals surface area contributed by atoms with Gasteiger partial charge in [-0.15, -0.1) is 0 Å². The lowest BCUT2D eigenvalue weighted by molar-refractivity contribution is 0.340. The number of hydrogen-bond donors (Lipinski definition) is 0. The Kier molecular flexibility index (Phi) is 5.24. The van der Waals surface area contributed by atoms with Gasteiger partial charge in [0.15, 0.2) is 0 Å². The molecule has 3 aromatic carbocycles.